The van der Waals surface area contributed by atoms with Crippen molar-refractivity contribution in [3.05, 3.63) is 85.0 Å². The summed E-state index contributed by atoms with van der Waals surface area (Å²) in [7, 11) is 0. The van der Waals surface area contributed by atoms with E-state index < -0.39 is 36.0 Å². The molecule has 0 aliphatic rings. The van der Waals surface area contributed by atoms with Crippen LogP contribution in [0, 0.1) is 19.7 Å². The Morgan fingerprint density at radius 2 is 1.75 bits per heavy atom. The second-order valence-electron chi connectivity index (χ2n) is 8.84. The fourth-order valence-electron chi connectivity index (χ4n) is 3.89. The van der Waals surface area contributed by atoms with Crippen molar-refractivity contribution in [3.8, 4) is 16.9 Å². The second-order valence-corrected chi connectivity index (χ2v) is 9.63. The van der Waals surface area contributed by atoms with E-state index >= 15 is 0 Å². The Morgan fingerprint density at radius 1 is 1.02 bits per heavy atom. The van der Waals surface area contributed by atoms with Gasteiger partial charge in [-0.2, -0.15) is 13.2 Å². The van der Waals surface area contributed by atoms with Crippen molar-refractivity contribution in [2.75, 3.05) is 13.1 Å². The summed E-state index contributed by atoms with van der Waals surface area (Å²) in [6.07, 6.45) is -4.57. The van der Waals surface area contributed by atoms with Gasteiger partial charge in [0.05, 0.1) is 0 Å². The molecule has 0 aliphatic carbocycles. The first-order valence-electron chi connectivity index (χ1n) is 12.1. The Hall–Kier alpha value is -3.87. The van der Waals surface area contributed by atoms with Crippen molar-refractivity contribution in [3.63, 3.8) is 0 Å². The highest BCUT2D eigenvalue weighted by molar-refractivity contribution is 9.10. The molecule has 2 aromatic carbocycles. The summed E-state index contributed by atoms with van der Waals surface area (Å²) >= 11 is 3.25. The number of aromatic amines is 1. The quantitative estimate of drug-likeness (QED) is 0.243. The molecule has 0 aliphatic heterocycles. The molecule has 214 valence electrons. The van der Waals surface area contributed by atoms with Crippen LogP contribution in [0.5, 0.6) is 5.75 Å². The Kier molecular flexibility index (Phi) is 9.96. The summed E-state index contributed by atoms with van der Waals surface area (Å²) in [6, 6.07) is 7.95. The Labute approximate surface area is 235 Å². The van der Waals surface area contributed by atoms with E-state index in [9.17, 15) is 31.9 Å². The predicted molar refractivity (Wildman–Crippen MR) is 145 cm³/mol. The molecular formula is C27H27BrF4N4O4. The third kappa shape index (κ3) is 7.84. The van der Waals surface area contributed by atoms with Gasteiger partial charge >= 0.3 is 12.2 Å². The Balaban J connectivity index is 1.99. The molecule has 40 heavy (non-hydrogen) atoms. The second kappa shape index (κ2) is 13.0. The van der Waals surface area contributed by atoms with Crippen LogP contribution >= 0.6 is 15.9 Å². The number of carbonyl (C=O) groups is 2. The van der Waals surface area contributed by atoms with E-state index in [1.165, 1.54) is 30.3 Å². The molecular weight excluding hydrogens is 600 g/mol. The van der Waals surface area contributed by atoms with Crippen LogP contribution in [-0.2, 0) is 13.2 Å². The third-order valence-corrected chi connectivity index (χ3v) is 6.56. The molecule has 8 nitrogen and oxygen atoms in total. The van der Waals surface area contributed by atoms with Gasteiger partial charge in [0.1, 0.15) is 29.2 Å². The number of aryl methyl sites for hydroxylation is 2. The summed E-state index contributed by atoms with van der Waals surface area (Å²) < 4.78 is 58.0. The van der Waals surface area contributed by atoms with Gasteiger partial charge < -0.3 is 25.7 Å². The lowest BCUT2D eigenvalue weighted by Gasteiger charge is -2.19. The maximum atomic E-state index is 14.0. The van der Waals surface area contributed by atoms with E-state index in [0.29, 0.717) is 40.1 Å². The van der Waals surface area contributed by atoms with Crippen LogP contribution in [-0.4, -0.2) is 36.2 Å². The predicted octanol–water partition coefficient (Wildman–Crippen LogP) is 5.25. The molecule has 0 bridgehead atoms. The summed E-state index contributed by atoms with van der Waals surface area (Å²) in [4.78, 5) is 39.5. The average molecular weight is 627 g/mol. The number of carbonyl (C=O) groups excluding carboxylic acids is 2. The summed E-state index contributed by atoms with van der Waals surface area (Å²) in [5.41, 5.74) is 2.36. The SMILES string of the molecule is CCNC(=O)NCc1cc(F)ccc1COc1c(-c2cc(C(=O)NCC(F)(F)F)ccc2C)c(C)[nH]c(=O)c1Br. The molecule has 1 aromatic heterocycles. The number of amides is 3. The molecule has 0 fully saturated rings. The molecule has 1 heterocycles. The van der Waals surface area contributed by atoms with Crippen LogP contribution in [0.2, 0.25) is 0 Å². The van der Waals surface area contributed by atoms with Gasteiger partial charge in [0, 0.05) is 29.9 Å². The van der Waals surface area contributed by atoms with Crippen LogP contribution in [0.15, 0.2) is 45.7 Å². The van der Waals surface area contributed by atoms with Crippen molar-refractivity contribution in [2.45, 2.75) is 40.1 Å². The van der Waals surface area contributed by atoms with Crippen LogP contribution in [0.25, 0.3) is 11.1 Å². The van der Waals surface area contributed by atoms with E-state index in [-0.39, 0.29) is 28.9 Å². The van der Waals surface area contributed by atoms with Crippen LogP contribution < -0.4 is 26.2 Å². The topological polar surface area (TPSA) is 112 Å². The lowest BCUT2D eigenvalue weighted by molar-refractivity contribution is -0.123. The summed E-state index contributed by atoms with van der Waals surface area (Å²) in [5.74, 6) is -1.32. The number of benzene rings is 2. The van der Waals surface area contributed by atoms with Crippen LogP contribution in [0.3, 0.4) is 0 Å². The van der Waals surface area contributed by atoms with Gasteiger partial charge in [-0.3, -0.25) is 9.59 Å². The molecule has 3 aromatic rings. The van der Waals surface area contributed by atoms with Crippen molar-refractivity contribution in [1.82, 2.24) is 20.9 Å². The number of H-pyrrole nitrogens is 1. The molecule has 4 N–H and O–H groups in total. The highest BCUT2D eigenvalue weighted by Crippen LogP contribution is 2.39. The number of aromatic nitrogens is 1. The molecule has 3 amide bonds. The zero-order valence-corrected chi connectivity index (χ0v) is 23.4. The number of urea groups is 1. The molecule has 3 rings (SSSR count). The van der Waals surface area contributed by atoms with Crippen molar-refractivity contribution in [2.24, 2.45) is 0 Å². The molecule has 0 saturated heterocycles. The first-order chi connectivity index (χ1) is 18.8. The molecule has 0 saturated carbocycles. The van der Waals surface area contributed by atoms with E-state index in [1.54, 1.807) is 26.8 Å². The van der Waals surface area contributed by atoms with Gasteiger partial charge in [-0.05, 0) is 83.2 Å². The van der Waals surface area contributed by atoms with Crippen molar-refractivity contribution >= 4 is 27.9 Å². The minimum atomic E-state index is -4.57. The van der Waals surface area contributed by atoms with Gasteiger partial charge in [0.25, 0.3) is 11.5 Å². The Morgan fingerprint density at radius 3 is 2.42 bits per heavy atom. The smallest absolute Gasteiger partial charge is 0.405 e. The highest BCUT2D eigenvalue weighted by atomic mass is 79.9. The van der Waals surface area contributed by atoms with Crippen LogP contribution in [0.1, 0.15) is 39.7 Å². The number of hydrogen-bond donors (Lipinski definition) is 4. The molecule has 0 atom stereocenters. The van der Waals surface area contributed by atoms with E-state index in [1.807, 2.05) is 5.32 Å². The minimum absolute atomic E-state index is 0.0128. The molecule has 0 radical (unpaired) electrons. The number of nitrogens with one attached hydrogen (secondary N) is 4. The van der Waals surface area contributed by atoms with E-state index in [2.05, 4.69) is 31.5 Å². The summed E-state index contributed by atoms with van der Waals surface area (Å²) in [6.45, 7) is 3.93. The fourth-order valence-corrected chi connectivity index (χ4v) is 4.31. The molecule has 0 spiro atoms. The summed E-state index contributed by atoms with van der Waals surface area (Å²) in [5, 5.41) is 7.06. The number of pyridine rings is 1. The third-order valence-electron chi connectivity index (χ3n) is 5.84. The average Bonchev–Trinajstić information content (AvgIpc) is 2.88. The number of hydrogen-bond acceptors (Lipinski definition) is 4. The normalized spacial score (nSPS) is 11.2. The monoisotopic (exact) mass is 626 g/mol. The van der Waals surface area contributed by atoms with E-state index in [4.69, 9.17) is 4.74 Å². The first kappa shape index (κ1) is 30.7. The maximum Gasteiger partial charge on any atom is 0.405 e. The van der Waals surface area contributed by atoms with E-state index in [0.717, 1.165) is 0 Å². The number of ether oxygens (including phenoxy) is 1. The number of alkyl halides is 3. The van der Waals surface area contributed by atoms with Crippen LogP contribution in [0.4, 0.5) is 22.4 Å². The molecule has 0 unspecified atom stereocenters. The van der Waals surface area contributed by atoms with Gasteiger partial charge in [-0.1, -0.05) is 12.1 Å². The zero-order valence-electron chi connectivity index (χ0n) is 21.8. The fraction of sp³-hybridized carbons (Fsp3) is 0.296. The van der Waals surface area contributed by atoms with Crippen molar-refractivity contribution in [1.29, 1.82) is 0 Å². The largest absolute Gasteiger partial charge is 0.487 e. The highest BCUT2D eigenvalue weighted by Gasteiger charge is 2.28. The van der Waals surface area contributed by atoms with Gasteiger partial charge in [0.15, 0.2) is 0 Å². The lowest BCUT2D eigenvalue weighted by Crippen LogP contribution is -2.35. The minimum Gasteiger partial charge on any atom is -0.487 e. The maximum absolute atomic E-state index is 14.0. The first-order valence-corrected chi connectivity index (χ1v) is 12.9. The zero-order chi connectivity index (χ0) is 29.6. The van der Waals surface area contributed by atoms with Gasteiger partial charge in [-0.15, -0.1) is 0 Å². The lowest BCUT2D eigenvalue weighted by atomic mass is 9.96. The standard InChI is InChI=1S/C27H27BrF4N4O4/c1-4-33-26(39)34-11-18-9-19(29)8-7-17(18)12-40-23-21(15(3)36-25(38)22(23)28)20-10-16(6-5-14(20)2)24(37)35-13-27(30,31)32/h5-10H,4,11-13H2,1-3H3,(H,35,37)(H,36,38)(H2,33,34,39). The number of halogens is 5. The van der Waals surface area contributed by atoms with Gasteiger partial charge in [0.2, 0.25) is 0 Å². The molecule has 13 heteroatoms. The Bertz CT molecular complexity index is 1470. The van der Waals surface area contributed by atoms with Gasteiger partial charge in [-0.25, -0.2) is 9.18 Å². The van der Waals surface area contributed by atoms with Crippen molar-refractivity contribution < 1.29 is 31.9 Å². The number of rotatable bonds is 9.